The van der Waals surface area contributed by atoms with Crippen molar-refractivity contribution in [3.8, 4) is 34.3 Å². The topological polar surface area (TPSA) is 143 Å². The second kappa shape index (κ2) is 21.8. The zero-order valence-electron chi connectivity index (χ0n) is 39.9. The van der Waals surface area contributed by atoms with Crippen LogP contribution >= 0.6 is 34.8 Å². The molecule has 75 heavy (non-hydrogen) atoms. The van der Waals surface area contributed by atoms with Crippen LogP contribution in [0.4, 0.5) is 52.7 Å². The van der Waals surface area contributed by atoms with Gasteiger partial charge in [0.2, 0.25) is 0 Å². The second-order valence-electron chi connectivity index (χ2n) is 17.4. The Bertz CT molecular complexity index is 3460. The predicted octanol–water partition coefficient (Wildman–Crippen LogP) is 12.5. The Labute approximate surface area is 431 Å². The summed E-state index contributed by atoms with van der Waals surface area (Å²) in [6, 6.07) is 3.71. The number of aromatic hydroxyl groups is 1. The standard InChI is InChI=1S/3C16H13ClF4N2O2/c1-7-9(16(19,20)21)6-22-23(14(7)24)12-8-5-15(2,3)25-13(8)10(17)4-11(12)18;1-8(2)7-25-14-5-13(12(18)4-11(14)17)23-15(24)9(3)10(6-22-23)16(19,20)21;1-7(2)4-9-13(12(18)5-11(17)14(9)24)23-15(25)8(3)10(6-22-23)16(19,20)21/h4,6H,5H2,1-3H3;4-6H,1,7H2,2-3H3;5-6,24H,1,4H2,2-3H3. The van der Waals surface area contributed by atoms with Gasteiger partial charge in [0.15, 0.2) is 17.5 Å². The molecule has 1 aliphatic rings. The lowest BCUT2D eigenvalue weighted by Gasteiger charge is -2.17. The van der Waals surface area contributed by atoms with Crippen LogP contribution < -0.4 is 26.2 Å². The van der Waals surface area contributed by atoms with E-state index in [1.807, 2.05) is 0 Å². The summed E-state index contributed by atoms with van der Waals surface area (Å²) >= 11 is 17.6. The molecule has 0 amide bonds. The number of ether oxygens (including phenoxy) is 2. The third-order valence-electron chi connectivity index (χ3n) is 10.7. The minimum atomic E-state index is -4.77. The largest absolute Gasteiger partial charge is 0.506 e. The molecule has 3 aromatic carbocycles. The molecule has 1 aliphatic heterocycles. The Morgan fingerprint density at radius 2 is 1.08 bits per heavy atom. The summed E-state index contributed by atoms with van der Waals surface area (Å²) in [5, 5.41) is 20.2. The molecule has 0 unspecified atom stereocenters. The van der Waals surface area contributed by atoms with Gasteiger partial charge in [-0.15, -0.1) is 0 Å². The third kappa shape index (κ3) is 12.8. The van der Waals surface area contributed by atoms with E-state index in [-0.39, 0.29) is 63.0 Å². The van der Waals surface area contributed by atoms with Crippen LogP contribution in [0.15, 0.2) is 81.5 Å². The number of fused-ring (bicyclic) bond motifs is 1. The molecule has 0 atom stereocenters. The summed E-state index contributed by atoms with van der Waals surface area (Å²) in [5.41, 5.74) is -9.05. The molecule has 402 valence electrons. The lowest BCUT2D eigenvalue weighted by Crippen LogP contribution is -2.29. The first-order chi connectivity index (χ1) is 34.4. The molecular formula is C48H39Cl3F12N6O6. The van der Waals surface area contributed by atoms with Gasteiger partial charge in [-0.05, 0) is 78.7 Å². The highest BCUT2D eigenvalue weighted by Gasteiger charge is 2.39. The molecule has 0 bridgehead atoms. The van der Waals surface area contributed by atoms with Gasteiger partial charge in [0.25, 0.3) is 16.7 Å². The maximum Gasteiger partial charge on any atom is 0.418 e. The van der Waals surface area contributed by atoms with Gasteiger partial charge in [-0.1, -0.05) is 53.5 Å². The van der Waals surface area contributed by atoms with Crippen LogP contribution in [0, 0.1) is 38.2 Å². The van der Waals surface area contributed by atoms with E-state index in [0.29, 0.717) is 49.3 Å². The molecule has 1 N–H and O–H groups in total. The highest BCUT2D eigenvalue weighted by Crippen LogP contribution is 2.44. The molecule has 3 aromatic heterocycles. The first kappa shape index (κ1) is 59.1. The number of phenols is 1. The fraction of sp³-hybridized carbons (Fsp3) is 0.292. The molecule has 12 nitrogen and oxygen atoms in total. The summed E-state index contributed by atoms with van der Waals surface area (Å²) in [6.07, 6.45) is -12.6. The SMILES string of the molecule is C=C(C)COc1cc(-n2ncc(C(F)(F)F)c(C)c2=O)c(F)cc1Cl.C=C(C)Cc1c(O)c(Cl)cc(F)c1-n1ncc(C(F)(F)F)c(C)c1=O.Cc1c(C(F)(F)F)cnn(-c2c(F)cc(Cl)c3c2CC(C)(C)O3)c1=O. The number of alkyl halides is 9. The van der Waals surface area contributed by atoms with E-state index >= 15 is 0 Å². The Kier molecular flexibility index (Phi) is 17.2. The maximum atomic E-state index is 14.5. The van der Waals surface area contributed by atoms with Crippen LogP contribution in [0.5, 0.6) is 17.2 Å². The van der Waals surface area contributed by atoms with Crippen molar-refractivity contribution in [3.05, 3.63) is 175 Å². The van der Waals surface area contributed by atoms with Crippen molar-refractivity contribution in [2.45, 2.75) is 85.4 Å². The zero-order valence-corrected chi connectivity index (χ0v) is 42.2. The number of allylic oxidation sites excluding steroid dienone is 1. The molecule has 6 aromatic rings. The maximum absolute atomic E-state index is 14.5. The molecule has 7 rings (SSSR count). The second-order valence-corrected chi connectivity index (χ2v) is 18.6. The van der Waals surface area contributed by atoms with Gasteiger partial charge < -0.3 is 14.6 Å². The van der Waals surface area contributed by atoms with Crippen LogP contribution in [0.2, 0.25) is 15.1 Å². The van der Waals surface area contributed by atoms with E-state index in [4.69, 9.17) is 44.3 Å². The summed E-state index contributed by atoms with van der Waals surface area (Å²) in [7, 11) is 0. The van der Waals surface area contributed by atoms with Crippen LogP contribution in [-0.4, -0.2) is 46.7 Å². The van der Waals surface area contributed by atoms with Gasteiger partial charge in [0, 0.05) is 40.3 Å². The fourth-order valence-corrected chi connectivity index (χ4v) is 7.85. The quantitative estimate of drug-likeness (QED) is 0.116. The van der Waals surface area contributed by atoms with Gasteiger partial charge in [-0.2, -0.15) is 68.9 Å². The van der Waals surface area contributed by atoms with E-state index in [0.717, 1.165) is 45.0 Å². The van der Waals surface area contributed by atoms with Crippen molar-refractivity contribution in [3.63, 3.8) is 0 Å². The minimum absolute atomic E-state index is 0.0264. The zero-order chi connectivity index (χ0) is 56.8. The normalized spacial score (nSPS) is 13.0. The van der Waals surface area contributed by atoms with E-state index in [9.17, 15) is 72.2 Å². The number of aromatic nitrogens is 6. The van der Waals surface area contributed by atoms with E-state index < -0.39 is 103 Å². The van der Waals surface area contributed by atoms with Gasteiger partial charge in [-0.25, -0.2) is 13.2 Å². The molecule has 0 saturated heterocycles. The van der Waals surface area contributed by atoms with Crippen LogP contribution in [0.25, 0.3) is 17.1 Å². The summed E-state index contributed by atoms with van der Waals surface area (Å²) in [5.74, 6) is -3.04. The van der Waals surface area contributed by atoms with Crippen molar-refractivity contribution < 1.29 is 67.3 Å². The highest BCUT2D eigenvalue weighted by molar-refractivity contribution is 6.33. The molecule has 0 saturated carbocycles. The smallest absolute Gasteiger partial charge is 0.418 e. The third-order valence-corrected chi connectivity index (χ3v) is 11.6. The van der Waals surface area contributed by atoms with Crippen molar-refractivity contribution in [1.82, 2.24) is 29.3 Å². The van der Waals surface area contributed by atoms with E-state index in [1.165, 1.54) is 0 Å². The van der Waals surface area contributed by atoms with Crippen molar-refractivity contribution in [2.24, 2.45) is 0 Å². The number of benzene rings is 3. The van der Waals surface area contributed by atoms with Gasteiger partial charge in [0.05, 0.1) is 50.3 Å². The van der Waals surface area contributed by atoms with Crippen molar-refractivity contribution in [2.75, 3.05) is 6.61 Å². The average Bonchev–Trinajstić information content (AvgIpc) is 3.60. The lowest BCUT2D eigenvalue weighted by atomic mass is 10.00. The predicted molar refractivity (Wildman–Crippen MR) is 253 cm³/mol. The van der Waals surface area contributed by atoms with Crippen LogP contribution in [0.3, 0.4) is 0 Å². The van der Waals surface area contributed by atoms with Gasteiger partial charge >= 0.3 is 18.5 Å². The number of rotatable bonds is 8. The molecule has 27 heteroatoms. The Morgan fingerprint density at radius 1 is 0.667 bits per heavy atom. The lowest BCUT2D eigenvalue weighted by molar-refractivity contribution is -0.139. The average molecular weight is 1130 g/mol. The summed E-state index contributed by atoms with van der Waals surface area (Å²) in [4.78, 5) is 36.9. The minimum Gasteiger partial charge on any atom is -0.506 e. The van der Waals surface area contributed by atoms with Gasteiger partial charge in [-0.3, -0.25) is 14.4 Å². The summed E-state index contributed by atoms with van der Waals surface area (Å²) < 4.78 is 172. The molecule has 4 heterocycles. The number of halogens is 15. The first-order valence-electron chi connectivity index (χ1n) is 21.2. The number of hydrogen-bond donors (Lipinski definition) is 1. The highest BCUT2D eigenvalue weighted by atomic mass is 35.5. The van der Waals surface area contributed by atoms with Crippen LogP contribution in [0.1, 0.15) is 72.2 Å². The first-order valence-corrected chi connectivity index (χ1v) is 22.3. The van der Waals surface area contributed by atoms with E-state index in [2.05, 4.69) is 28.5 Å². The molecule has 0 radical (unpaired) electrons. The Hall–Kier alpha value is -6.79. The van der Waals surface area contributed by atoms with Crippen molar-refractivity contribution in [1.29, 1.82) is 0 Å². The number of nitrogens with zero attached hydrogens (tertiary/aromatic N) is 6. The number of hydrogen-bond acceptors (Lipinski definition) is 9. The Morgan fingerprint density at radius 3 is 1.53 bits per heavy atom. The molecule has 0 spiro atoms. The number of phenolic OH excluding ortho intramolecular Hbond substituents is 1. The van der Waals surface area contributed by atoms with E-state index in [1.54, 1.807) is 27.7 Å². The van der Waals surface area contributed by atoms with Crippen molar-refractivity contribution >= 4 is 34.8 Å². The fourth-order valence-electron chi connectivity index (χ4n) is 7.19. The molecule has 0 aliphatic carbocycles. The van der Waals surface area contributed by atoms with Gasteiger partial charge in [0.1, 0.15) is 46.5 Å². The molecule has 0 fully saturated rings. The summed E-state index contributed by atoms with van der Waals surface area (Å²) in [6.45, 7) is 17.2. The Balaban J connectivity index is 0.000000208. The van der Waals surface area contributed by atoms with Crippen LogP contribution in [-0.2, 0) is 31.4 Å². The monoisotopic (exact) mass is 1130 g/mol. The molecular weight excluding hydrogens is 1090 g/mol.